The Balaban J connectivity index is 4.16. The third-order valence-corrected chi connectivity index (χ3v) is 0.589. The first-order valence-corrected chi connectivity index (χ1v) is 2.03. The highest BCUT2D eigenvalue weighted by Crippen LogP contribution is 1.86. The van der Waals surface area contributed by atoms with Crippen LogP contribution in [0.15, 0.2) is 5.29 Å². The van der Waals surface area contributed by atoms with Gasteiger partial charge < -0.3 is 5.73 Å². The summed E-state index contributed by atoms with van der Waals surface area (Å²) in [6.45, 7) is 1.01. The van der Waals surface area contributed by atoms with Crippen molar-refractivity contribution in [1.29, 1.82) is 0 Å². The van der Waals surface area contributed by atoms with Crippen LogP contribution < -0.4 is 5.73 Å². The number of rotatable bonds is 1. The number of carbonyl (C=O) groups is 2. The molecule has 0 aromatic carbocycles. The van der Waals surface area contributed by atoms with Gasteiger partial charge in [-0.15, -0.1) is 9.92 Å². The summed E-state index contributed by atoms with van der Waals surface area (Å²) in [7, 11) is 0. The normalized spacial score (nSPS) is 8.11. The average molecular weight is 131 g/mol. The van der Waals surface area contributed by atoms with Crippen molar-refractivity contribution >= 4 is 11.9 Å². The van der Waals surface area contributed by atoms with Gasteiger partial charge in [0.2, 0.25) is 0 Å². The first-order chi connectivity index (χ1) is 4.09. The molecule has 0 heterocycles. The smallest absolute Gasteiger partial charge is 0.345 e. The van der Waals surface area contributed by atoms with Crippen LogP contribution in [0.3, 0.4) is 0 Å². The van der Waals surface area contributed by atoms with Crippen LogP contribution in [0, 0.1) is 4.91 Å². The van der Waals surface area contributed by atoms with Gasteiger partial charge in [0.1, 0.15) is 0 Å². The Bertz CT molecular complexity index is 140. The van der Waals surface area contributed by atoms with Crippen molar-refractivity contribution in [3.8, 4) is 0 Å². The number of hydrogen-bond donors (Lipinski definition) is 1. The van der Waals surface area contributed by atoms with Crippen molar-refractivity contribution in [1.82, 2.24) is 5.01 Å². The molecule has 50 valence electrons. The Kier molecular flexibility index (Phi) is 2.31. The predicted octanol–water partition coefficient (Wildman–Crippen LogP) is -0.405. The van der Waals surface area contributed by atoms with Crippen molar-refractivity contribution in [2.75, 3.05) is 0 Å². The maximum atomic E-state index is 10.1. The Morgan fingerprint density at radius 2 is 2.00 bits per heavy atom. The molecule has 0 bridgehead atoms. The van der Waals surface area contributed by atoms with E-state index in [1.54, 1.807) is 0 Å². The molecule has 0 aliphatic heterocycles. The summed E-state index contributed by atoms with van der Waals surface area (Å²) >= 11 is 0. The second kappa shape index (κ2) is 2.75. The molecule has 0 saturated carbocycles. The topological polar surface area (TPSA) is 92.8 Å². The first kappa shape index (κ1) is 7.54. The number of hydrogen-bond acceptors (Lipinski definition) is 4. The lowest BCUT2D eigenvalue weighted by atomic mass is 10.7. The monoisotopic (exact) mass is 131 g/mol. The van der Waals surface area contributed by atoms with Crippen LogP contribution in [0.25, 0.3) is 0 Å². The van der Waals surface area contributed by atoms with Gasteiger partial charge in [-0.3, -0.25) is 4.79 Å². The second-order valence-corrected chi connectivity index (χ2v) is 1.25. The molecule has 0 saturated heterocycles. The summed E-state index contributed by atoms with van der Waals surface area (Å²) in [5.74, 6) is -0.794. The number of nitrogens with two attached hydrogens (primary N) is 1. The maximum Gasteiger partial charge on any atom is 0.345 e. The molecule has 0 aromatic rings. The van der Waals surface area contributed by atoms with E-state index in [0.29, 0.717) is 0 Å². The molecule has 0 atom stereocenters. The lowest BCUT2D eigenvalue weighted by Gasteiger charge is -2.01. The average Bonchev–Trinajstić information content (AvgIpc) is 1.64. The van der Waals surface area contributed by atoms with E-state index in [2.05, 4.69) is 5.73 Å². The van der Waals surface area contributed by atoms with Gasteiger partial charge in [-0.2, -0.15) is 0 Å². The zero-order valence-corrected chi connectivity index (χ0v) is 4.70. The molecular formula is C3H5N3O3. The highest BCUT2D eigenvalue weighted by atomic mass is 16.3. The quantitative estimate of drug-likeness (QED) is 0.387. The van der Waals surface area contributed by atoms with E-state index in [0.717, 1.165) is 6.92 Å². The van der Waals surface area contributed by atoms with Gasteiger partial charge in [-0.25, -0.2) is 4.79 Å². The van der Waals surface area contributed by atoms with Crippen molar-refractivity contribution in [3.05, 3.63) is 4.91 Å². The molecule has 0 unspecified atom stereocenters. The zero-order chi connectivity index (χ0) is 7.44. The predicted molar refractivity (Wildman–Crippen MR) is 27.9 cm³/mol. The second-order valence-electron chi connectivity index (χ2n) is 1.25. The SMILES string of the molecule is CC(=O)N(N=O)C(N)=O. The summed E-state index contributed by atoms with van der Waals surface area (Å²) in [6.07, 6.45) is 0. The molecule has 3 amide bonds. The van der Waals surface area contributed by atoms with Gasteiger partial charge in [-0.05, 0) is 0 Å². The maximum absolute atomic E-state index is 10.1. The fraction of sp³-hybridized carbons (Fsp3) is 0.333. The molecule has 6 nitrogen and oxygen atoms in total. The van der Waals surface area contributed by atoms with Crippen LogP contribution in [0.2, 0.25) is 0 Å². The fourth-order valence-electron chi connectivity index (χ4n) is 0.253. The fourth-order valence-corrected chi connectivity index (χ4v) is 0.253. The highest BCUT2D eigenvalue weighted by molar-refractivity contribution is 5.91. The van der Waals surface area contributed by atoms with Crippen molar-refractivity contribution in [3.63, 3.8) is 0 Å². The molecule has 0 fully saturated rings. The molecule has 6 heteroatoms. The summed E-state index contributed by atoms with van der Waals surface area (Å²) in [4.78, 5) is 29.7. The minimum absolute atomic E-state index is 0.0278. The van der Waals surface area contributed by atoms with Crippen LogP contribution in [0.4, 0.5) is 4.79 Å². The lowest BCUT2D eigenvalue weighted by molar-refractivity contribution is -0.125. The Morgan fingerprint density at radius 1 is 1.56 bits per heavy atom. The summed E-state index contributed by atoms with van der Waals surface area (Å²) < 4.78 is 0. The summed E-state index contributed by atoms with van der Waals surface area (Å²) in [5.41, 5.74) is 4.52. The molecule has 9 heavy (non-hydrogen) atoms. The molecular weight excluding hydrogens is 126 g/mol. The van der Waals surface area contributed by atoms with Crippen molar-refractivity contribution in [2.45, 2.75) is 6.92 Å². The Hall–Kier alpha value is -1.46. The third-order valence-electron chi connectivity index (χ3n) is 0.589. The molecule has 0 rings (SSSR count). The van der Waals surface area contributed by atoms with E-state index >= 15 is 0 Å². The molecule has 2 N–H and O–H groups in total. The van der Waals surface area contributed by atoms with Gasteiger partial charge in [0.25, 0.3) is 5.91 Å². The standard InChI is InChI=1S/C3H5N3O3/c1-2(7)6(5-9)3(4)8/h1H3,(H2,4,8). The Labute approximate surface area is 50.6 Å². The molecule has 0 radical (unpaired) electrons. The summed E-state index contributed by atoms with van der Waals surface area (Å²) in [6, 6.07) is -1.17. The number of imide groups is 1. The zero-order valence-electron chi connectivity index (χ0n) is 4.70. The number of amides is 3. The van der Waals surface area contributed by atoms with E-state index < -0.39 is 11.9 Å². The van der Waals surface area contributed by atoms with Crippen LogP contribution >= 0.6 is 0 Å². The van der Waals surface area contributed by atoms with Gasteiger partial charge in [0.05, 0.1) is 5.29 Å². The number of carbonyl (C=O) groups excluding carboxylic acids is 2. The number of nitrogens with zero attached hydrogens (tertiary/aromatic N) is 2. The third kappa shape index (κ3) is 1.85. The van der Waals surface area contributed by atoms with Crippen molar-refractivity contribution in [2.24, 2.45) is 11.0 Å². The summed E-state index contributed by atoms with van der Waals surface area (Å²) in [5, 5.41) is 2.07. The van der Waals surface area contributed by atoms with E-state index in [1.807, 2.05) is 5.29 Å². The number of urea groups is 1. The van der Waals surface area contributed by atoms with Gasteiger partial charge in [0, 0.05) is 6.92 Å². The van der Waals surface area contributed by atoms with Crippen LogP contribution in [-0.4, -0.2) is 16.9 Å². The highest BCUT2D eigenvalue weighted by Gasteiger charge is 2.13. The minimum Gasteiger partial charge on any atom is -0.350 e. The van der Waals surface area contributed by atoms with E-state index in [4.69, 9.17) is 0 Å². The molecule has 0 aliphatic rings. The molecule has 0 aromatic heterocycles. The van der Waals surface area contributed by atoms with E-state index in [-0.39, 0.29) is 5.01 Å². The van der Waals surface area contributed by atoms with Gasteiger partial charge in [0.15, 0.2) is 0 Å². The Morgan fingerprint density at radius 3 is 2.00 bits per heavy atom. The molecule has 0 aliphatic carbocycles. The van der Waals surface area contributed by atoms with Crippen molar-refractivity contribution < 1.29 is 9.59 Å². The van der Waals surface area contributed by atoms with Crippen LogP contribution in [0.1, 0.15) is 6.92 Å². The van der Waals surface area contributed by atoms with Crippen LogP contribution in [-0.2, 0) is 4.79 Å². The number of nitroso groups, excluding NO2 is 1. The lowest BCUT2D eigenvalue weighted by Crippen LogP contribution is -2.34. The van der Waals surface area contributed by atoms with Gasteiger partial charge >= 0.3 is 6.03 Å². The largest absolute Gasteiger partial charge is 0.350 e. The first-order valence-electron chi connectivity index (χ1n) is 2.03. The number of primary amides is 1. The van der Waals surface area contributed by atoms with E-state index in [1.165, 1.54) is 0 Å². The van der Waals surface area contributed by atoms with Crippen LogP contribution in [0.5, 0.6) is 0 Å². The van der Waals surface area contributed by atoms with Gasteiger partial charge in [-0.1, -0.05) is 0 Å². The minimum atomic E-state index is -1.17. The molecule has 0 spiro atoms. The van der Waals surface area contributed by atoms with E-state index in [9.17, 15) is 14.5 Å².